The number of nitrogens with two attached hydrogens (primary N) is 1. The molecule has 2 N–H and O–H groups in total. The van der Waals surface area contributed by atoms with Gasteiger partial charge in [-0.05, 0) is 45.0 Å². The predicted octanol–water partition coefficient (Wildman–Crippen LogP) is 2.74. The van der Waals surface area contributed by atoms with Crippen LogP contribution in [0.4, 0.5) is 0 Å². The van der Waals surface area contributed by atoms with Crippen LogP contribution in [0.15, 0.2) is 41.2 Å². The topological polar surface area (TPSA) is 57.2 Å². The van der Waals surface area contributed by atoms with Crippen LogP contribution in [0, 0.1) is 0 Å². The Morgan fingerprint density at radius 2 is 1.86 bits per heavy atom. The van der Waals surface area contributed by atoms with Crippen molar-refractivity contribution in [1.82, 2.24) is 4.57 Å². The van der Waals surface area contributed by atoms with E-state index in [-0.39, 0.29) is 5.56 Å². The van der Waals surface area contributed by atoms with Gasteiger partial charge in [-0.15, -0.1) is 0 Å². The van der Waals surface area contributed by atoms with E-state index in [0.29, 0.717) is 12.1 Å². The molecule has 0 saturated heterocycles. The molecular formula is C17H22N2O2. The first-order valence-electron chi connectivity index (χ1n) is 7.06. The maximum absolute atomic E-state index is 12.7. The second-order valence-corrected chi connectivity index (χ2v) is 5.60. The Bertz CT molecular complexity index is 697. The number of aromatic nitrogens is 1. The largest absolute Gasteiger partial charge is 0.496 e. The summed E-state index contributed by atoms with van der Waals surface area (Å²) in [5.74, 6) is 0.749. The lowest BCUT2D eigenvalue weighted by atomic mass is 9.96. The van der Waals surface area contributed by atoms with E-state index in [1.807, 2.05) is 57.2 Å². The van der Waals surface area contributed by atoms with E-state index < -0.39 is 5.54 Å². The van der Waals surface area contributed by atoms with Gasteiger partial charge in [-0.1, -0.05) is 12.1 Å². The molecule has 1 heterocycles. The number of nitrogens with zero attached hydrogens (tertiary/aromatic N) is 1. The zero-order valence-corrected chi connectivity index (χ0v) is 13.0. The number of pyridine rings is 1. The fourth-order valence-electron chi connectivity index (χ4n) is 2.47. The van der Waals surface area contributed by atoms with Crippen LogP contribution in [0.2, 0.25) is 0 Å². The van der Waals surface area contributed by atoms with Crippen LogP contribution < -0.4 is 16.0 Å². The van der Waals surface area contributed by atoms with Gasteiger partial charge >= 0.3 is 0 Å². The van der Waals surface area contributed by atoms with Gasteiger partial charge < -0.3 is 15.0 Å². The van der Waals surface area contributed by atoms with Crippen LogP contribution in [0.5, 0.6) is 5.75 Å². The van der Waals surface area contributed by atoms with E-state index in [9.17, 15) is 4.79 Å². The highest BCUT2D eigenvalue weighted by molar-refractivity contribution is 5.67. The molecule has 0 bridgehead atoms. The van der Waals surface area contributed by atoms with Crippen molar-refractivity contribution < 1.29 is 4.74 Å². The summed E-state index contributed by atoms with van der Waals surface area (Å²) in [6.07, 6.45) is 0. The average molecular weight is 286 g/mol. The molecule has 0 aliphatic rings. The third-order valence-electron chi connectivity index (χ3n) is 3.57. The van der Waals surface area contributed by atoms with Crippen LogP contribution in [0.3, 0.4) is 0 Å². The quantitative estimate of drug-likeness (QED) is 0.940. The Kier molecular flexibility index (Phi) is 4.19. The number of para-hydroxylation sites is 1. The highest BCUT2D eigenvalue weighted by Crippen LogP contribution is 2.29. The van der Waals surface area contributed by atoms with Gasteiger partial charge in [0.1, 0.15) is 5.75 Å². The zero-order valence-electron chi connectivity index (χ0n) is 13.0. The normalized spacial score (nSPS) is 11.5. The molecule has 2 rings (SSSR count). The number of benzene rings is 1. The molecule has 0 aliphatic carbocycles. The molecule has 4 nitrogen and oxygen atoms in total. The van der Waals surface area contributed by atoms with Gasteiger partial charge in [-0.3, -0.25) is 4.79 Å². The molecule has 0 saturated carbocycles. The SMILES string of the molecule is CCn1c(-c2ccccc2OC)ccc(C(C)(C)N)c1=O. The van der Waals surface area contributed by atoms with E-state index in [2.05, 4.69) is 0 Å². The number of ether oxygens (including phenoxy) is 1. The molecule has 0 atom stereocenters. The van der Waals surface area contributed by atoms with Crippen LogP contribution >= 0.6 is 0 Å². The Labute approximate surface area is 125 Å². The average Bonchev–Trinajstić information content (AvgIpc) is 2.45. The van der Waals surface area contributed by atoms with Crippen LogP contribution in [0.1, 0.15) is 26.3 Å². The minimum absolute atomic E-state index is 0.0478. The summed E-state index contributed by atoms with van der Waals surface area (Å²) < 4.78 is 7.13. The van der Waals surface area contributed by atoms with Crippen molar-refractivity contribution in [2.45, 2.75) is 32.9 Å². The van der Waals surface area contributed by atoms with Crippen molar-refractivity contribution in [3.8, 4) is 17.0 Å². The minimum atomic E-state index is -0.659. The second kappa shape index (κ2) is 5.74. The Hall–Kier alpha value is -2.07. The van der Waals surface area contributed by atoms with E-state index in [1.165, 1.54) is 0 Å². The number of hydrogen-bond acceptors (Lipinski definition) is 3. The number of rotatable bonds is 4. The van der Waals surface area contributed by atoms with Crippen molar-refractivity contribution >= 4 is 0 Å². The molecule has 21 heavy (non-hydrogen) atoms. The van der Waals surface area contributed by atoms with Crippen molar-refractivity contribution in [1.29, 1.82) is 0 Å². The highest BCUT2D eigenvalue weighted by Gasteiger charge is 2.21. The van der Waals surface area contributed by atoms with Gasteiger partial charge in [0.05, 0.1) is 12.8 Å². The van der Waals surface area contributed by atoms with Crippen molar-refractivity contribution in [3.05, 3.63) is 52.3 Å². The summed E-state index contributed by atoms with van der Waals surface area (Å²) in [6.45, 7) is 6.21. The summed E-state index contributed by atoms with van der Waals surface area (Å²) in [5.41, 5.74) is 7.74. The molecule has 0 unspecified atom stereocenters. The molecule has 0 amide bonds. The van der Waals surface area contributed by atoms with Gasteiger partial charge in [-0.25, -0.2) is 0 Å². The van der Waals surface area contributed by atoms with Crippen LogP contribution in [0.25, 0.3) is 11.3 Å². The third-order valence-corrected chi connectivity index (χ3v) is 3.57. The summed E-state index contributed by atoms with van der Waals surface area (Å²) in [4.78, 5) is 12.7. The van der Waals surface area contributed by atoms with Gasteiger partial charge in [-0.2, -0.15) is 0 Å². The molecule has 4 heteroatoms. The van der Waals surface area contributed by atoms with Crippen molar-refractivity contribution in [2.75, 3.05) is 7.11 Å². The summed E-state index contributed by atoms with van der Waals surface area (Å²) in [5, 5.41) is 0. The monoisotopic (exact) mass is 286 g/mol. The van der Waals surface area contributed by atoms with Gasteiger partial charge in [0, 0.05) is 23.2 Å². The van der Waals surface area contributed by atoms with Crippen molar-refractivity contribution in [3.63, 3.8) is 0 Å². The molecule has 0 fully saturated rings. The van der Waals surface area contributed by atoms with E-state index >= 15 is 0 Å². The maximum Gasteiger partial charge on any atom is 0.256 e. The molecule has 2 aromatic rings. The van der Waals surface area contributed by atoms with Gasteiger partial charge in [0.15, 0.2) is 0 Å². The Morgan fingerprint density at radius 3 is 2.43 bits per heavy atom. The first kappa shape index (κ1) is 15.3. The molecular weight excluding hydrogens is 264 g/mol. The lowest BCUT2D eigenvalue weighted by Gasteiger charge is -2.21. The molecule has 1 aromatic heterocycles. The smallest absolute Gasteiger partial charge is 0.256 e. The second-order valence-electron chi connectivity index (χ2n) is 5.60. The van der Waals surface area contributed by atoms with Crippen molar-refractivity contribution in [2.24, 2.45) is 5.73 Å². The molecule has 0 spiro atoms. The lowest BCUT2D eigenvalue weighted by molar-refractivity contribution is 0.416. The number of methoxy groups -OCH3 is 1. The van der Waals surface area contributed by atoms with Gasteiger partial charge in [0.25, 0.3) is 5.56 Å². The predicted molar refractivity (Wildman–Crippen MR) is 85.6 cm³/mol. The van der Waals surface area contributed by atoms with Gasteiger partial charge in [0.2, 0.25) is 0 Å². The summed E-state index contributed by atoms with van der Waals surface area (Å²) in [6, 6.07) is 11.4. The van der Waals surface area contributed by atoms with Crippen LogP contribution in [-0.4, -0.2) is 11.7 Å². The highest BCUT2D eigenvalue weighted by atomic mass is 16.5. The summed E-state index contributed by atoms with van der Waals surface area (Å²) in [7, 11) is 1.63. The van der Waals surface area contributed by atoms with E-state index in [0.717, 1.165) is 17.0 Å². The first-order chi connectivity index (χ1) is 9.90. The first-order valence-corrected chi connectivity index (χ1v) is 7.06. The van der Waals surface area contributed by atoms with E-state index in [4.69, 9.17) is 10.5 Å². The van der Waals surface area contributed by atoms with Crippen LogP contribution in [-0.2, 0) is 12.1 Å². The Balaban J connectivity index is 2.72. The molecule has 0 aliphatic heterocycles. The third kappa shape index (κ3) is 2.85. The lowest BCUT2D eigenvalue weighted by Crippen LogP contribution is -2.38. The molecule has 112 valence electrons. The molecule has 1 aromatic carbocycles. The molecule has 0 radical (unpaired) electrons. The summed E-state index contributed by atoms with van der Waals surface area (Å²) >= 11 is 0. The zero-order chi connectivity index (χ0) is 15.6. The number of hydrogen-bond donors (Lipinski definition) is 1. The van der Waals surface area contributed by atoms with E-state index in [1.54, 1.807) is 11.7 Å². The fourth-order valence-corrected chi connectivity index (χ4v) is 2.47. The minimum Gasteiger partial charge on any atom is -0.496 e. The maximum atomic E-state index is 12.7. The fraction of sp³-hybridized carbons (Fsp3) is 0.353. The Morgan fingerprint density at radius 1 is 1.19 bits per heavy atom. The standard InChI is InChI=1S/C17H22N2O2/c1-5-19-14(12-8-6-7-9-15(12)21-4)11-10-13(16(19)20)17(2,3)18/h6-11H,5,18H2,1-4H3.